The third kappa shape index (κ3) is 5.02. The van der Waals surface area contributed by atoms with Crippen LogP contribution in [0.2, 0.25) is 5.02 Å². The molecule has 9 heteroatoms. The molecule has 3 aromatic rings. The van der Waals surface area contributed by atoms with Crippen LogP contribution in [-0.2, 0) is 16.1 Å². The Bertz CT molecular complexity index is 1320. The van der Waals surface area contributed by atoms with E-state index in [1.165, 1.54) is 38.3 Å². The molecule has 0 saturated heterocycles. The second-order valence-electron chi connectivity index (χ2n) is 7.82. The maximum absolute atomic E-state index is 12.9. The van der Waals surface area contributed by atoms with Crippen molar-refractivity contribution in [2.24, 2.45) is 0 Å². The molecular weight excluding hydrogens is 472 g/mol. The fraction of sp³-hybridized carbons (Fsp3) is 0.154. The van der Waals surface area contributed by atoms with Crippen LogP contribution in [0.25, 0.3) is 0 Å². The van der Waals surface area contributed by atoms with Gasteiger partial charge in [0, 0.05) is 5.02 Å². The molecule has 4 rings (SSSR count). The predicted octanol–water partition coefficient (Wildman–Crippen LogP) is 4.33. The lowest BCUT2D eigenvalue weighted by atomic mass is 10.1. The molecule has 0 fully saturated rings. The topological polar surface area (TPSA) is 102 Å². The molecule has 0 aromatic heterocycles. The first kappa shape index (κ1) is 24.0. The Labute approximate surface area is 206 Å². The van der Waals surface area contributed by atoms with Crippen LogP contribution < -0.4 is 10.1 Å². The van der Waals surface area contributed by atoms with Gasteiger partial charge in [-0.15, -0.1) is 0 Å². The van der Waals surface area contributed by atoms with Crippen molar-refractivity contribution >= 4 is 41.0 Å². The Balaban J connectivity index is 1.45. The van der Waals surface area contributed by atoms with Crippen LogP contribution in [0, 0.1) is 0 Å². The number of carbonyl (C=O) groups excluding carboxylic acids is 4. The molecule has 0 radical (unpaired) electrons. The minimum absolute atomic E-state index is 0.0476. The molecular formula is C26H21ClN2O6. The molecule has 3 amide bonds. The maximum atomic E-state index is 12.9. The minimum Gasteiger partial charge on any atom is -0.495 e. The van der Waals surface area contributed by atoms with Crippen LogP contribution in [0.4, 0.5) is 5.69 Å². The number of ether oxygens (including phenoxy) is 2. The number of hydrogen-bond acceptors (Lipinski definition) is 6. The highest BCUT2D eigenvalue weighted by molar-refractivity contribution is 6.31. The van der Waals surface area contributed by atoms with E-state index in [1.54, 1.807) is 12.1 Å². The average molecular weight is 493 g/mol. The van der Waals surface area contributed by atoms with E-state index < -0.39 is 29.8 Å². The SMILES string of the molecule is COc1ccc(Cl)cc1NC(=O)C(C)OC(=O)c1ccc2c(c1)C(=O)N(Cc1ccccc1)C2=O. The number of nitrogens with zero attached hydrogens (tertiary/aromatic N) is 1. The highest BCUT2D eigenvalue weighted by Crippen LogP contribution is 2.28. The monoisotopic (exact) mass is 492 g/mol. The van der Waals surface area contributed by atoms with Crippen molar-refractivity contribution in [3.63, 3.8) is 0 Å². The Kier molecular flexibility index (Phi) is 6.84. The fourth-order valence-corrected chi connectivity index (χ4v) is 3.79. The first-order valence-corrected chi connectivity index (χ1v) is 11.1. The van der Waals surface area contributed by atoms with E-state index in [0.29, 0.717) is 16.5 Å². The largest absolute Gasteiger partial charge is 0.495 e. The summed E-state index contributed by atoms with van der Waals surface area (Å²) in [5.74, 6) is -1.95. The molecule has 1 atom stereocenters. The molecule has 1 heterocycles. The number of hydrogen-bond donors (Lipinski definition) is 1. The molecule has 8 nitrogen and oxygen atoms in total. The molecule has 1 unspecified atom stereocenters. The summed E-state index contributed by atoms with van der Waals surface area (Å²) in [6, 6.07) is 18.0. The first-order chi connectivity index (χ1) is 16.8. The fourth-order valence-electron chi connectivity index (χ4n) is 3.62. The third-order valence-corrected chi connectivity index (χ3v) is 5.70. The van der Waals surface area contributed by atoms with Crippen molar-refractivity contribution in [1.82, 2.24) is 4.90 Å². The van der Waals surface area contributed by atoms with Gasteiger partial charge in [0.2, 0.25) is 0 Å². The zero-order chi connectivity index (χ0) is 25.1. The second-order valence-corrected chi connectivity index (χ2v) is 8.26. The van der Waals surface area contributed by atoms with Crippen molar-refractivity contribution < 1.29 is 28.7 Å². The molecule has 0 aliphatic carbocycles. The lowest BCUT2D eigenvalue weighted by Crippen LogP contribution is -2.30. The van der Waals surface area contributed by atoms with Gasteiger partial charge in [0.1, 0.15) is 5.75 Å². The van der Waals surface area contributed by atoms with Gasteiger partial charge in [-0.25, -0.2) is 4.79 Å². The van der Waals surface area contributed by atoms with Gasteiger partial charge in [-0.05, 0) is 48.9 Å². The number of rotatable bonds is 7. The zero-order valence-electron chi connectivity index (χ0n) is 18.9. The Morgan fingerprint density at radius 1 is 0.971 bits per heavy atom. The van der Waals surface area contributed by atoms with Crippen LogP contribution in [0.1, 0.15) is 43.6 Å². The van der Waals surface area contributed by atoms with Gasteiger partial charge in [0.15, 0.2) is 6.10 Å². The van der Waals surface area contributed by atoms with Crippen LogP contribution in [-0.4, -0.2) is 41.8 Å². The number of fused-ring (bicyclic) bond motifs is 1. The number of benzene rings is 3. The molecule has 3 aromatic carbocycles. The third-order valence-electron chi connectivity index (χ3n) is 5.46. The van der Waals surface area contributed by atoms with Crippen molar-refractivity contribution in [3.05, 3.63) is 94.0 Å². The summed E-state index contributed by atoms with van der Waals surface area (Å²) in [5.41, 5.74) is 1.50. The van der Waals surface area contributed by atoms with Crippen LogP contribution >= 0.6 is 11.6 Å². The molecule has 178 valence electrons. The van der Waals surface area contributed by atoms with Crippen LogP contribution in [0.5, 0.6) is 5.75 Å². The average Bonchev–Trinajstić information content (AvgIpc) is 3.09. The van der Waals surface area contributed by atoms with Gasteiger partial charge in [0.05, 0.1) is 36.0 Å². The quantitative estimate of drug-likeness (QED) is 0.389. The highest BCUT2D eigenvalue weighted by atomic mass is 35.5. The van der Waals surface area contributed by atoms with Crippen LogP contribution in [0.15, 0.2) is 66.7 Å². The zero-order valence-corrected chi connectivity index (χ0v) is 19.7. The van der Waals surface area contributed by atoms with Gasteiger partial charge in [-0.2, -0.15) is 0 Å². The number of imide groups is 1. The summed E-state index contributed by atoms with van der Waals surface area (Å²) < 4.78 is 10.5. The lowest BCUT2D eigenvalue weighted by molar-refractivity contribution is -0.123. The van der Waals surface area contributed by atoms with Gasteiger partial charge in [0.25, 0.3) is 17.7 Å². The van der Waals surface area contributed by atoms with E-state index >= 15 is 0 Å². The Morgan fingerprint density at radius 2 is 1.69 bits per heavy atom. The van der Waals surface area contributed by atoms with Crippen molar-refractivity contribution in [2.45, 2.75) is 19.6 Å². The summed E-state index contributed by atoms with van der Waals surface area (Å²) in [6.07, 6.45) is -1.16. The van der Waals surface area contributed by atoms with E-state index in [4.69, 9.17) is 21.1 Å². The molecule has 35 heavy (non-hydrogen) atoms. The number of amides is 3. The van der Waals surface area contributed by atoms with E-state index in [9.17, 15) is 19.2 Å². The maximum Gasteiger partial charge on any atom is 0.338 e. The van der Waals surface area contributed by atoms with Gasteiger partial charge < -0.3 is 14.8 Å². The van der Waals surface area contributed by atoms with Crippen molar-refractivity contribution in [3.8, 4) is 5.75 Å². The van der Waals surface area contributed by atoms with E-state index in [2.05, 4.69) is 5.32 Å². The minimum atomic E-state index is -1.16. The van der Waals surface area contributed by atoms with E-state index in [-0.39, 0.29) is 23.2 Å². The van der Waals surface area contributed by atoms with Gasteiger partial charge >= 0.3 is 5.97 Å². The highest BCUT2D eigenvalue weighted by Gasteiger charge is 2.36. The summed E-state index contributed by atoms with van der Waals surface area (Å²) in [6.45, 7) is 1.53. The molecule has 1 aliphatic rings. The first-order valence-electron chi connectivity index (χ1n) is 10.7. The molecule has 1 aliphatic heterocycles. The summed E-state index contributed by atoms with van der Waals surface area (Å²) in [5, 5.41) is 3.00. The molecule has 0 spiro atoms. The van der Waals surface area contributed by atoms with Crippen molar-refractivity contribution in [1.29, 1.82) is 0 Å². The van der Waals surface area contributed by atoms with Crippen molar-refractivity contribution in [2.75, 3.05) is 12.4 Å². The summed E-state index contributed by atoms with van der Waals surface area (Å²) in [4.78, 5) is 52.0. The molecule has 1 N–H and O–H groups in total. The summed E-state index contributed by atoms with van der Waals surface area (Å²) >= 11 is 5.98. The van der Waals surface area contributed by atoms with Gasteiger partial charge in [-0.1, -0.05) is 41.9 Å². The normalized spacial score (nSPS) is 13.3. The number of anilines is 1. The number of nitrogens with one attached hydrogen (secondary N) is 1. The van der Waals surface area contributed by atoms with E-state index in [0.717, 1.165) is 10.5 Å². The number of halogens is 1. The number of esters is 1. The van der Waals surface area contributed by atoms with E-state index in [1.807, 2.05) is 30.3 Å². The number of methoxy groups -OCH3 is 1. The smallest absolute Gasteiger partial charge is 0.338 e. The van der Waals surface area contributed by atoms with Gasteiger partial charge in [-0.3, -0.25) is 19.3 Å². The molecule has 0 saturated carbocycles. The molecule has 0 bridgehead atoms. The second kappa shape index (κ2) is 9.99. The Morgan fingerprint density at radius 3 is 2.40 bits per heavy atom. The standard InChI is InChI=1S/C26H21ClN2O6/c1-15(23(30)28-21-13-18(27)9-11-22(21)34-2)35-26(33)17-8-10-19-20(12-17)25(32)29(24(19)31)14-16-6-4-3-5-7-16/h3-13,15H,14H2,1-2H3,(H,28,30). The predicted molar refractivity (Wildman–Crippen MR) is 129 cm³/mol. The summed E-state index contributed by atoms with van der Waals surface area (Å²) in [7, 11) is 1.45. The number of carbonyl (C=O) groups is 4. The Hall–Kier alpha value is -4.17. The lowest BCUT2D eigenvalue weighted by Gasteiger charge is -2.15. The van der Waals surface area contributed by atoms with Crippen LogP contribution in [0.3, 0.4) is 0 Å².